The maximum Gasteiger partial charge on any atom is 0.311 e. The van der Waals surface area contributed by atoms with Crippen molar-refractivity contribution in [1.29, 1.82) is 0 Å². The number of aryl methyl sites for hydroxylation is 1. The van der Waals surface area contributed by atoms with Crippen LogP contribution in [0.5, 0.6) is 0 Å². The molecule has 0 spiro atoms. The lowest BCUT2D eigenvalue weighted by Crippen LogP contribution is -2.42. The van der Waals surface area contributed by atoms with Gasteiger partial charge in [-0.2, -0.15) is 0 Å². The number of nitrogens with zero attached hydrogens (tertiary/aromatic N) is 3. The molecule has 0 fully saturated rings. The molecule has 3 unspecified atom stereocenters. The van der Waals surface area contributed by atoms with Crippen molar-refractivity contribution in [2.45, 2.75) is 39.3 Å². The predicted octanol–water partition coefficient (Wildman–Crippen LogP) is 2.84. The quantitative estimate of drug-likeness (QED) is 0.689. The summed E-state index contributed by atoms with van der Waals surface area (Å²) in [5.41, 5.74) is 8.79. The van der Waals surface area contributed by atoms with Gasteiger partial charge < -0.3 is 24.8 Å². The summed E-state index contributed by atoms with van der Waals surface area (Å²) in [6.07, 6.45) is 6.36. The first kappa shape index (κ1) is 21.4. The minimum atomic E-state index is -0.257. The summed E-state index contributed by atoms with van der Waals surface area (Å²) in [7, 11) is 2.05. The molecular formula is C24H32N4O3. The molecular weight excluding hydrogens is 392 g/mol. The van der Waals surface area contributed by atoms with Gasteiger partial charge in [0.2, 0.25) is 0 Å². The molecule has 0 amide bonds. The SMILES string of the molecule is CCC(CN)C(=O)OCN1C=CN(CC2CCc3c(c4ccccc4n3C)C2=O)C1C. The average molecular weight is 425 g/mol. The normalized spacial score (nSPS) is 21.6. The van der Waals surface area contributed by atoms with Crippen molar-refractivity contribution in [2.75, 3.05) is 19.8 Å². The highest BCUT2D eigenvalue weighted by Crippen LogP contribution is 2.34. The fourth-order valence-electron chi connectivity index (χ4n) is 4.75. The molecule has 0 saturated heterocycles. The first-order chi connectivity index (χ1) is 15.0. The zero-order valence-electron chi connectivity index (χ0n) is 18.6. The topological polar surface area (TPSA) is 80.8 Å². The summed E-state index contributed by atoms with van der Waals surface area (Å²) in [5, 5.41) is 1.05. The Hall–Kier alpha value is -2.80. The maximum absolute atomic E-state index is 13.4. The molecule has 166 valence electrons. The van der Waals surface area contributed by atoms with Crippen LogP contribution in [0.3, 0.4) is 0 Å². The molecule has 3 atom stereocenters. The van der Waals surface area contributed by atoms with Crippen LogP contribution in [0.25, 0.3) is 10.9 Å². The summed E-state index contributed by atoms with van der Waals surface area (Å²) in [6.45, 7) is 5.14. The van der Waals surface area contributed by atoms with Gasteiger partial charge in [0.25, 0.3) is 0 Å². The van der Waals surface area contributed by atoms with Gasteiger partial charge in [0.1, 0.15) is 6.17 Å². The molecule has 1 aromatic heterocycles. The van der Waals surface area contributed by atoms with Crippen LogP contribution in [0.15, 0.2) is 36.7 Å². The third-order valence-corrected chi connectivity index (χ3v) is 6.88. The van der Waals surface area contributed by atoms with Crippen molar-refractivity contribution in [2.24, 2.45) is 24.6 Å². The van der Waals surface area contributed by atoms with E-state index in [0.29, 0.717) is 19.5 Å². The van der Waals surface area contributed by atoms with Gasteiger partial charge in [0.15, 0.2) is 12.5 Å². The van der Waals surface area contributed by atoms with E-state index in [0.717, 1.165) is 35.0 Å². The number of benzene rings is 1. The lowest BCUT2D eigenvalue weighted by atomic mass is 9.84. The number of carbonyl (C=O) groups excluding carboxylic acids is 2. The number of aromatic nitrogens is 1. The van der Waals surface area contributed by atoms with Gasteiger partial charge in [-0.1, -0.05) is 25.1 Å². The zero-order chi connectivity index (χ0) is 22.1. The summed E-state index contributed by atoms with van der Waals surface area (Å²) in [6, 6.07) is 8.14. The number of rotatable bonds is 7. The lowest BCUT2D eigenvalue weighted by Gasteiger charge is -2.33. The van der Waals surface area contributed by atoms with Crippen molar-refractivity contribution in [3.63, 3.8) is 0 Å². The predicted molar refractivity (Wildman–Crippen MR) is 120 cm³/mol. The number of para-hydroxylation sites is 1. The summed E-state index contributed by atoms with van der Waals surface area (Å²) in [4.78, 5) is 29.7. The van der Waals surface area contributed by atoms with Crippen LogP contribution in [0.4, 0.5) is 0 Å². The molecule has 1 aliphatic heterocycles. The number of fused-ring (bicyclic) bond motifs is 3. The lowest BCUT2D eigenvalue weighted by molar-refractivity contribution is -0.153. The summed E-state index contributed by atoms with van der Waals surface area (Å²) < 4.78 is 7.62. The Morgan fingerprint density at radius 2 is 2.00 bits per heavy atom. The van der Waals surface area contributed by atoms with Crippen LogP contribution in [0.1, 0.15) is 42.7 Å². The molecule has 0 radical (unpaired) electrons. The van der Waals surface area contributed by atoms with Gasteiger partial charge in [-0.05, 0) is 32.3 Å². The Kier molecular flexibility index (Phi) is 6.05. The zero-order valence-corrected chi connectivity index (χ0v) is 18.6. The van der Waals surface area contributed by atoms with E-state index in [1.54, 1.807) is 0 Å². The van der Waals surface area contributed by atoms with E-state index >= 15 is 0 Å². The number of hydrogen-bond acceptors (Lipinski definition) is 6. The minimum absolute atomic E-state index is 0.0208. The number of carbonyl (C=O) groups is 2. The molecule has 2 aromatic rings. The number of ketones is 1. The molecule has 7 heteroatoms. The third kappa shape index (κ3) is 3.82. The molecule has 7 nitrogen and oxygen atoms in total. The van der Waals surface area contributed by atoms with Crippen molar-refractivity contribution >= 4 is 22.7 Å². The number of hydrogen-bond donors (Lipinski definition) is 1. The molecule has 4 rings (SSSR count). The standard InChI is InChI=1S/C24H32N4O3/c1-4-17(13-25)24(30)31-15-28-12-11-27(16(28)2)14-18-9-10-21-22(23(18)29)19-7-5-6-8-20(19)26(21)3/h5-8,11-12,16-18H,4,9-10,13-15,25H2,1-3H3. The smallest absolute Gasteiger partial charge is 0.311 e. The van der Waals surface area contributed by atoms with Gasteiger partial charge >= 0.3 is 5.97 Å². The number of nitrogens with two attached hydrogens (primary N) is 1. The Morgan fingerprint density at radius 3 is 2.74 bits per heavy atom. The summed E-state index contributed by atoms with van der Waals surface area (Å²) in [5.74, 6) is -0.324. The maximum atomic E-state index is 13.4. The Bertz CT molecular complexity index is 1010. The Morgan fingerprint density at radius 1 is 1.26 bits per heavy atom. The minimum Gasteiger partial charge on any atom is -0.444 e. The summed E-state index contributed by atoms with van der Waals surface area (Å²) >= 11 is 0. The highest BCUT2D eigenvalue weighted by molar-refractivity contribution is 6.11. The van der Waals surface area contributed by atoms with Crippen molar-refractivity contribution in [3.8, 4) is 0 Å². The largest absolute Gasteiger partial charge is 0.444 e. The fourth-order valence-corrected chi connectivity index (χ4v) is 4.75. The van der Waals surface area contributed by atoms with Crippen LogP contribution < -0.4 is 5.73 Å². The van der Waals surface area contributed by atoms with E-state index in [-0.39, 0.29) is 36.5 Å². The van der Waals surface area contributed by atoms with Crippen molar-refractivity contribution < 1.29 is 14.3 Å². The molecule has 0 saturated carbocycles. The highest BCUT2D eigenvalue weighted by atomic mass is 16.5. The highest BCUT2D eigenvalue weighted by Gasteiger charge is 2.35. The molecule has 0 bridgehead atoms. The van der Waals surface area contributed by atoms with Crippen LogP contribution in [-0.4, -0.2) is 52.1 Å². The van der Waals surface area contributed by atoms with Crippen molar-refractivity contribution in [3.05, 3.63) is 47.9 Å². The molecule has 1 aliphatic carbocycles. The van der Waals surface area contributed by atoms with E-state index in [4.69, 9.17) is 10.5 Å². The molecule has 2 aliphatic rings. The molecule has 1 aromatic carbocycles. The average Bonchev–Trinajstić information content (AvgIpc) is 3.27. The molecule has 2 N–H and O–H groups in total. The number of Topliss-reactive ketones (excluding diaryl/α,β-unsaturated/α-hetero) is 1. The van der Waals surface area contributed by atoms with E-state index < -0.39 is 0 Å². The van der Waals surface area contributed by atoms with Gasteiger partial charge in [0, 0.05) is 60.6 Å². The van der Waals surface area contributed by atoms with Crippen LogP contribution >= 0.6 is 0 Å². The molecule has 31 heavy (non-hydrogen) atoms. The Balaban J connectivity index is 1.41. The Labute approximate surface area is 183 Å². The second-order valence-corrected chi connectivity index (χ2v) is 8.57. The van der Waals surface area contributed by atoms with Crippen LogP contribution in [0.2, 0.25) is 0 Å². The van der Waals surface area contributed by atoms with Gasteiger partial charge in [0.05, 0.1) is 5.92 Å². The van der Waals surface area contributed by atoms with Crippen molar-refractivity contribution in [1.82, 2.24) is 14.4 Å². The van der Waals surface area contributed by atoms with E-state index in [1.165, 1.54) is 0 Å². The van der Waals surface area contributed by atoms with Gasteiger partial charge in [-0.3, -0.25) is 9.59 Å². The van der Waals surface area contributed by atoms with E-state index in [1.807, 2.05) is 49.5 Å². The fraction of sp³-hybridized carbons (Fsp3) is 0.500. The molecule has 2 heterocycles. The van der Waals surface area contributed by atoms with E-state index in [2.05, 4.69) is 22.5 Å². The first-order valence-corrected chi connectivity index (χ1v) is 11.1. The van der Waals surface area contributed by atoms with Crippen LogP contribution in [-0.2, 0) is 23.0 Å². The second kappa shape index (κ2) is 8.75. The first-order valence-electron chi connectivity index (χ1n) is 11.1. The second-order valence-electron chi connectivity index (χ2n) is 8.57. The van der Waals surface area contributed by atoms with E-state index in [9.17, 15) is 9.59 Å². The number of ether oxygens (including phenoxy) is 1. The van der Waals surface area contributed by atoms with Gasteiger partial charge in [-0.15, -0.1) is 0 Å². The number of esters is 1. The monoisotopic (exact) mass is 424 g/mol. The van der Waals surface area contributed by atoms with Crippen LogP contribution in [0, 0.1) is 11.8 Å². The van der Waals surface area contributed by atoms with Gasteiger partial charge in [-0.25, -0.2) is 0 Å². The third-order valence-electron chi connectivity index (χ3n) is 6.88.